The van der Waals surface area contributed by atoms with E-state index in [4.69, 9.17) is 9.05 Å². The molecule has 0 amide bonds. The summed E-state index contributed by atoms with van der Waals surface area (Å²) < 4.78 is 25.0. The van der Waals surface area contributed by atoms with E-state index in [-0.39, 0.29) is 19.5 Å². The second-order valence-electron chi connectivity index (χ2n) is 7.24. The monoisotopic (exact) mass is 409 g/mol. The van der Waals surface area contributed by atoms with Gasteiger partial charge in [-0.25, -0.2) is 0 Å². The van der Waals surface area contributed by atoms with Crippen LogP contribution in [0.3, 0.4) is 0 Å². The van der Waals surface area contributed by atoms with Crippen molar-refractivity contribution in [3.05, 3.63) is 102 Å². The first-order valence-electron chi connectivity index (χ1n) is 9.84. The van der Waals surface area contributed by atoms with E-state index in [2.05, 4.69) is 31.3 Å². The van der Waals surface area contributed by atoms with Gasteiger partial charge < -0.3 is 14.4 Å². The fourth-order valence-corrected chi connectivity index (χ4v) is 4.12. The van der Waals surface area contributed by atoms with Gasteiger partial charge in [-0.2, -0.15) is 0 Å². The molecule has 3 rings (SSSR count). The van der Waals surface area contributed by atoms with Gasteiger partial charge in [-0.05, 0) is 34.7 Å². The summed E-state index contributed by atoms with van der Waals surface area (Å²) in [6, 6.07) is 27.5. The highest BCUT2D eigenvalue weighted by atomic mass is 31.2. The SMILES string of the molecule is CC(C)c1ccc(NCP(=O)(OCc2ccccc2)OCc2ccccc2)cc1. The lowest BCUT2D eigenvalue weighted by atomic mass is 10.0. The Balaban J connectivity index is 1.66. The Morgan fingerprint density at radius 2 is 1.24 bits per heavy atom. The Morgan fingerprint density at radius 1 is 0.759 bits per heavy atom. The molecule has 3 aromatic carbocycles. The Hall–Kier alpha value is -2.39. The highest BCUT2D eigenvalue weighted by Crippen LogP contribution is 2.49. The summed E-state index contributed by atoms with van der Waals surface area (Å²) in [4.78, 5) is 0. The summed E-state index contributed by atoms with van der Waals surface area (Å²) in [5.41, 5.74) is 4.07. The lowest BCUT2D eigenvalue weighted by Gasteiger charge is -2.20. The van der Waals surface area contributed by atoms with Gasteiger partial charge in [0.25, 0.3) is 0 Å². The maximum Gasteiger partial charge on any atom is 0.350 e. The van der Waals surface area contributed by atoms with Crippen molar-refractivity contribution in [2.45, 2.75) is 33.0 Å². The Morgan fingerprint density at radius 3 is 1.69 bits per heavy atom. The fourth-order valence-electron chi connectivity index (χ4n) is 2.80. The van der Waals surface area contributed by atoms with Crippen molar-refractivity contribution in [2.24, 2.45) is 0 Å². The van der Waals surface area contributed by atoms with Gasteiger partial charge in [0, 0.05) is 5.69 Å². The maximum absolute atomic E-state index is 13.4. The largest absolute Gasteiger partial charge is 0.374 e. The molecule has 0 unspecified atom stereocenters. The number of benzene rings is 3. The second-order valence-corrected chi connectivity index (χ2v) is 9.30. The summed E-state index contributed by atoms with van der Waals surface area (Å²) >= 11 is 0. The van der Waals surface area contributed by atoms with Gasteiger partial charge in [0.2, 0.25) is 0 Å². The van der Waals surface area contributed by atoms with Crippen LogP contribution in [0.4, 0.5) is 5.69 Å². The average molecular weight is 409 g/mol. The van der Waals surface area contributed by atoms with Crippen molar-refractivity contribution >= 4 is 13.3 Å². The zero-order valence-corrected chi connectivity index (χ0v) is 17.8. The van der Waals surface area contributed by atoms with Gasteiger partial charge in [-0.3, -0.25) is 4.57 Å². The molecule has 5 heteroatoms. The van der Waals surface area contributed by atoms with Crippen molar-refractivity contribution in [1.82, 2.24) is 0 Å². The number of rotatable bonds is 10. The van der Waals surface area contributed by atoms with Crippen LogP contribution in [0.1, 0.15) is 36.5 Å². The van der Waals surface area contributed by atoms with Crippen LogP contribution in [-0.4, -0.2) is 6.29 Å². The minimum atomic E-state index is -3.36. The second kappa shape index (κ2) is 10.4. The van der Waals surface area contributed by atoms with Crippen molar-refractivity contribution in [3.8, 4) is 0 Å². The van der Waals surface area contributed by atoms with Crippen molar-refractivity contribution in [2.75, 3.05) is 11.6 Å². The Labute approximate surface area is 173 Å². The van der Waals surface area contributed by atoms with Crippen LogP contribution in [0.15, 0.2) is 84.9 Å². The first kappa shape index (κ1) is 21.3. The fraction of sp³-hybridized carbons (Fsp3) is 0.250. The molecule has 0 fully saturated rings. The highest BCUT2D eigenvalue weighted by molar-refractivity contribution is 7.53. The van der Waals surface area contributed by atoms with Gasteiger partial charge in [-0.1, -0.05) is 86.6 Å². The minimum Gasteiger partial charge on any atom is -0.374 e. The van der Waals surface area contributed by atoms with E-state index in [9.17, 15) is 4.57 Å². The van der Waals surface area contributed by atoms with Crippen molar-refractivity contribution in [3.63, 3.8) is 0 Å². The van der Waals surface area contributed by atoms with E-state index in [1.54, 1.807) is 0 Å². The summed E-state index contributed by atoms with van der Waals surface area (Å²) in [6.07, 6.45) is 0.105. The van der Waals surface area contributed by atoms with E-state index in [0.29, 0.717) is 5.92 Å². The molecule has 0 heterocycles. The molecule has 0 radical (unpaired) electrons. The Bertz CT molecular complexity index is 864. The number of nitrogens with one attached hydrogen (secondary N) is 1. The molecule has 0 bridgehead atoms. The Kier molecular flexibility index (Phi) is 7.65. The molecule has 29 heavy (non-hydrogen) atoms. The van der Waals surface area contributed by atoms with Crippen LogP contribution >= 0.6 is 7.60 Å². The van der Waals surface area contributed by atoms with Crippen molar-refractivity contribution < 1.29 is 13.6 Å². The van der Waals surface area contributed by atoms with Crippen molar-refractivity contribution in [1.29, 1.82) is 0 Å². The molecule has 0 aromatic heterocycles. The summed E-state index contributed by atoms with van der Waals surface area (Å²) in [7, 11) is -3.36. The third-order valence-electron chi connectivity index (χ3n) is 4.60. The molecule has 0 saturated heterocycles. The number of hydrogen-bond acceptors (Lipinski definition) is 4. The molecule has 0 aliphatic heterocycles. The van der Waals surface area contributed by atoms with Crippen LogP contribution < -0.4 is 5.32 Å². The molecule has 3 aromatic rings. The van der Waals surface area contributed by atoms with Gasteiger partial charge in [0.15, 0.2) is 0 Å². The number of anilines is 1. The first-order valence-corrected chi connectivity index (χ1v) is 11.6. The summed E-state index contributed by atoms with van der Waals surface area (Å²) in [5, 5.41) is 3.21. The lowest BCUT2D eigenvalue weighted by Crippen LogP contribution is -2.08. The zero-order chi connectivity index (χ0) is 20.5. The molecular formula is C24H28NO3P. The van der Waals surface area contributed by atoms with Gasteiger partial charge in [-0.15, -0.1) is 0 Å². The third kappa shape index (κ3) is 6.86. The zero-order valence-electron chi connectivity index (χ0n) is 17.0. The minimum absolute atomic E-state index is 0.105. The molecular weight excluding hydrogens is 381 g/mol. The van der Waals surface area contributed by atoms with Gasteiger partial charge in [0.1, 0.15) is 6.29 Å². The molecule has 0 atom stereocenters. The predicted molar refractivity (Wildman–Crippen MR) is 119 cm³/mol. The van der Waals surface area contributed by atoms with Crippen LogP contribution in [0, 0.1) is 0 Å². The standard InChI is InChI=1S/C24H28NO3P/c1-20(2)23-13-15-24(16-14-23)25-19-29(26,27-17-21-9-5-3-6-10-21)28-18-22-11-7-4-8-12-22/h3-16,20,25H,17-19H2,1-2H3. The summed E-state index contributed by atoms with van der Waals surface area (Å²) in [6.45, 7) is 4.79. The average Bonchev–Trinajstić information content (AvgIpc) is 2.77. The van der Waals surface area contributed by atoms with Crippen LogP contribution in [0.5, 0.6) is 0 Å². The van der Waals surface area contributed by atoms with E-state index in [1.807, 2.05) is 72.8 Å². The van der Waals surface area contributed by atoms with Crippen LogP contribution in [-0.2, 0) is 26.8 Å². The van der Waals surface area contributed by atoms with Crippen LogP contribution in [0.25, 0.3) is 0 Å². The molecule has 1 N–H and O–H groups in total. The van der Waals surface area contributed by atoms with Crippen LogP contribution in [0.2, 0.25) is 0 Å². The van der Waals surface area contributed by atoms with Gasteiger partial charge in [0.05, 0.1) is 13.2 Å². The van der Waals surface area contributed by atoms with E-state index in [1.165, 1.54) is 5.56 Å². The van der Waals surface area contributed by atoms with E-state index in [0.717, 1.165) is 16.8 Å². The topological polar surface area (TPSA) is 47.6 Å². The normalized spacial score (nSPS) is 11.6. The third-order valence-corrected chi connectivity index (χ3v) is 6.19. The lowest BCUT2D eigenvalue weighted by molar-refractivity contribution is 0.192. The molecule has 4 nitrogen and oxygen atoms in total. The molecule has 0 saturated carbocycles. The smallest absolute Gasteiger partial charge is 0.350 e. The molecule has 0 aliphatic rings. The molecule has 152 valence electrons. The number of hydrogen-bond donors (Lipinski definition) is 1. The maximum atomic E-state index is 13.4. The first-order chi connectivity index (χ1) is 14.0. The van der Waals surface area contributed by atoms with Gasteiger partial charge >= 0.3 is 7.60 Å². The van der Waals surface area contributed by atoms with E-state index < -0.39 is 7.60 Å². The van der Waals surface area contributed by atoms with E-state index >= 15 is 0 Å². The molecule has 0 aliphatic carbocycles. The highest BCUT2D eigenvalue weighted by Gasteiger charge is 2.25. The molecule has 0 spiro atoms. The quantitative estimate of drug-likeness (QED) is 0.374. The predicted octanol–water partition coefficient (Wildman–Crippen LogP) is 6.81. The summed E-state index contributed by atoms with van der Waals surface area (Å²) in [5.74, 6) is 0.471.